The predicted molar refractivity (Wildman–Crippen MR) is 110 cm³/mol. The average Bonchev–Trinajstić information content (AvgIpc) is 3.17. The van der Waals surface area contributed by atoms with Gasteiger partial charge in [-0.25, -0.2) is 9.78 Å². The fourth-order valence-corrected chi connectivity index (χ4v) is 3.37. The lowest BCUT2D eigenvalue weighted by molar-refractivity contribution is 0.0699. The Kier molecular flexibility index (Phi) is 4.65. The number of H-pyrrole nitrogens is 1. The van der Waals surface area contributed by atoms with Crippen molar-refractivity contribution in [1.82, 2.24) is 15.2 Å². The Morgan fingerprint density at radius 2 is 1.50 bits per heavy atom. The van der Waals surface area contributed by atoms with Crippen molar-refractivity contribution in [2.75, 3.05) is 0 Å². The van der Waals surface area contributed by atoms with Crippen molar-refractivity contribution in [3.05, 3.63) is 71.3 Å². The molecule has 0 aliphatic carbocycles. The molecule has 0 unspecified atom stereocenters. The van der Waals surface area contributed by atoms with Crippen LogP contribution in [-0.4, -0.2) is 26.3 Å². The summed E-state index contributed by atoms with van der Waals surface area (Å²) in [6.45, 7) is 4.20. The molecule has 0 saturated carbocycles. The fraction of sp³-hybridized carbons (Fsp3) is 0.174. The normalized spacial score (nSPS) is 11.1. The van der Waals surface area contributed by atoms with Crippen LogP contribution < -0.4 is 0 Å². The highest BCUT2D eigenvalue weighted by Gasteiger charge is 2.19. The van der Waals surface area contributed by atoms with E-state index in [9.17, 15) is 9.90 Å². The van der Waals surface area contributed by atoms with Gasteiger partial charge in [0.2, 0.25) is 0 Å². The summed E-state index contributed by atoms with van der Waals surface area (Å²) in [4.78, 5) is 16.6. The molecule has 2 aromatic carbocycles. The van der Waals surface area contributed by atoms with E-state index in [0.29, 0.717) is 22.4 Å². The fourth-order valence-electron chi connectivity index (χ4n) is 3.37. The van der Waals surface area contributed by atoms with Crippen LogP contribution in [0.15, 0.2) is 54.6 Å². The number of aryl methyl sites for hydroxylation is 2. The Morgan fingerprint density at radius 3 is 2.04 bits per heavy atom. The molecular weight excluding hydrogens is 350 g/mol. The number of aromatic carboxylic acids is 1. The van der Waals surface area contributed by atoms with Gasteiger partial charge < -0.3 is 5.11 Å². The van der Waals surface area contributed by atoms with E-state index >= 15 is 0 Å². The maximum absolute atomic E-state index is 12.0. The van der Waals surface area contributed by atoms with Gasteiger partial charge in [-0.2, -0.15) is 5.10 Å². The van der Waals surface area contributed by atoms with Crippen molar-refractivity contribution in [1.29, 1.82) is 0 Å². The van der Waals surface area contributed by atoms with E-state index in [2.05, 4.69) is 29.0 Å². The van der Waals surface area contributed by atoms with E-state index in [-0.39, 0.29) is 5.56 Å². The number of rotatable bonds is 5. The molecule has 2 heterocycles. The number of carboxylic acid groups (broad SMARTS) is 1. The van der Waals surface area contributed by atoms with Crippen LogP contribution in [-0.2, 0) is 12.8 Å². The van der Waals surface area contributed by atoms with E-state index in [4.69, 9.17) is 0 Å². The third kappa shape index (κ3) is 3.16. The number of fused-ring (bicyclic) bond motifs is 1. The first-order chi connectivity index (χ1) is 13.6. The number of benzene rings is 2. The van der Waals surface area contributed by atoms with Crippen LogP contribution in [0.1, 0.15) is 35.3 Å². The molecule has 5 nitrogen and oxygen atoms in total. The zero-order chi connectivity index (χ0) is 19.7. The SMILES string of the molecule is CCc1ccc(-c2cc(C(=O)O)c3c(-c4ccc(CC)cc4)[nH]nc3n2)cc1. The number of carbonyl (C=O) groups is 1. The highest BCUT2D eigenvalue weighted by Crippen LogP contribution is 2.31. The standard InChI is InChI=1S/C23H21N3O2/c1-3-14-5-9-16(10-6-14)19-13-18(23(27)28)20-21(25-26-22(20)24-19)17-11-7-15(4-2)8-12-17/h5-13H,3-4H2,1-2H3,(H,27,28)(H,24,25,26). The molecule has 4 aromatic rings. The molecule has 0 bridgehead atoms. The van der Waals surface area contributed by atoms with E-state index in [1.54, 1.807) is 6.07 Å². The number of aromatic nitrogens is 3. The van der Waals surface area contributed by atoms with Crippen molar-refractivity contribution in [2.24, 2.45) is 0 Å². The van der Waals surface area contributed by atoms with Crippen LogP contribution in [0.5, 0.6) is 0 Å². The Balaban J connectivity index is 1.87. The van der Waals surface area contributed by atoms with Crippen molar-refractivity contribution in [3.8, 4) is 22.5 Å². The van der Waals surface area contributed by atoms with Crippen molar-refractivity contribution >= 4 is 17.0 Å². The Labute approximate surface area is 163 Å². The Morgan fingerprint density at radius 1 is 0.929 bits per heavy atom. The third-order valence-corrected chi connectivity index (χ3v) is 5.06. The minimum atomic E-state index is -0.994. The number of carboxylic acids is 1. The molecule has 2 N–H and O–H groups in total. The molecule has 28 heavy (non-hydrogen) atoms. The average molecular weight is 371 g/mol. The van der Waals surface area contributed by atoms with Gasteiger partial charge in [-0.05, 0) is 30.0 Å². The summed E-state index contributed by atoms with van der Waals surface area (Å²) in [5, 5.41) is 17.7. The number of hydrogen-bond acceptors (Lipinski definition) is 3. The van der Waals surface area contributed by atoms with Crippen LogP contribution in [0.4, 0.5) is 0 Å². The summed E-state index contributed by atoms with van der Waals surface area (Å²) in [5.41, 5.74) is 6.10. The second-order valence-electron chi connectivity index (χ2n) is 6.76. The molecule has 0 amide bonds. The van der Waals surface area contributed by atoms with Gasteiger partial charge in [-0.15, -0.1) is 0 Å². The molecule has 0 aliphatic rings. The van der Waals surface area contributed by atoms with E-state index in [1.807, 2.05) is 48.5 Å². The Hall–Kier alpha value is -3.47. The van der Waals surface area contributed by atoms with Crippen LogP contribution in [0.25, 0.3) is 33.5 Å². The summed E-state index contributed by atoms with van der Waals surface area (Å²) in [6, 6.07) is 17.7. The van der Waals surface area contributed by atoms with Gasteiger partial charge in [0.25, 0.3) is 0 Å². The zero-order valence-electron chi connectivity index (χ0n) is 15.9. The molecule has 140 valence electrons. The highest BCUT2D eigenvalue weighted by atomic mass is 16.4. The smallest absolute Gasteiger partial charge is 0.336 e. The van der Waals surface area contributed by atoms with Gasteiger partial charge in [0.15, 0.2) is 5.65 Å². The molecule has 2 aromatic heterocycles. The number of aromatic amines is 1. The molecule has 5 heteroatoms. The van der Waals surface area contributed by atoms with Gasteiger partial charge in [0.1, 0.15) is 0 Å². The summed E-state index contributed by atoms with van der Waals surface area (Å²) in [6.07, 6.45) is 1.90. The first-order valence-corrected chi connectivity index (χ1v) is 9.41. The summed E-state index contributed by atoms with van der Waals surface area (Å²) < 4.78 is 0. The van der Waals surface area contributed by atoms with Gasteiger partial charge in [0, 0.05) is 11.1 Å². The summed E-state index contributed by atoms with van der Waals surface area (Å²) in [7, 11) is 0. The largest absolute Gasteiger partial charge is 0.478 e. The molecule has 0 saturated heterocycles. The van der Waals surface area contributed by atoms with Crippen molar-refractivity contribution < 1.29 is 9.90 Å². The highest BCUT2D eigenvalue weighted by molar-refractivity contribution is 6.08. The predicted octanol–water partition coefficient (Wildman–Crippen LogP) is 5.11. The summed E-state index contributed by atoms with van der Waals surface area (Å²) in [5.74, 6) is -0.994. The number of nitrogens with zero attached hydrogens (tertiary/aromatic N) is 2. The second-order valence-corrected chi connectivity index (χ2v) is 6.76. The van der Waals surface area contributed by atoms with Crippen LogP contribution in [0, 0.1) is 0 Å². The van der Waals surface area contributed by atoms with Crippen LogP contribution in [0.2, 0.25) is 0 Å². The van der Waals surface area contributed by atoms with E-state index in [1.165, 1.54) is 11.1 Å². The number of nitrogens with one attached hydrogen (secondary N) is 1. The molecular formula is C23H21N3O2. The zero-order valence-corrected chi connectivity index (χ0v) is 15.9. The van der Waals surface area contributed by atoms with Gasteiger partial charge >= 0.3 is 5.97 Å². The molecule has 0 atom stereocenters. The lowest BCUT2D eigenvalue weighted by atomic mass is 10.0. The van der Waals surface area contributed by atoms with E-state index < -0.39 is 5.97 Å². The van der Waals surface area contributed by atoms with E-state index in [0.717, 1.165) is 24.0 Å². The second kappa shape index (κ2) is 7.27. The minimum absolute atomic E-state index is 0.197. The number of hydrogen-bond donors (Lipinski definition) is 2. The van der Waals surface area contributed by atoms with Crippen molar-refractivity contribution in [2.45, 2.75) is 26.7 Å². The van der Waals surface area contributed by atoms with Crippen molar-refractivity contribution in [3.63, 3.8) is 0 Å². The van der Waals surface area contributed by atoms with Crippen LogP contribution in [0.3, 0.4) is 0 Å². The first kappa shape index (κ1) is 17.9. The number of pyridine rings is 1. The monoisotopic (exact) mass is 371 g/mol. The molecule has 4 rings (SSSR count). The maximum Gasteiger partial charge on any atom is 0.336 e. The lowest BCUT2D eigenvalue weighted by Crippen LogP contribution is -2.00. The minimum Gasteiger partial charge on any atom is -0.478 e. The first-order valence-electron chi connectivity index (χ1n) is 9.41. The van der Waals surface area contributed by atoms with Gasteiger partial charge in [-0.3, -0.25) is 5.10 Å². The van der Waals surface area contributed by atoms with Gasteiger partial charge in [0.05, 0.1) is 22.3 Å². The molecule has 0 aliphatic heterocycles. The lowest BCUT2D eigenvalue weighted by Gasteiger charge is -2.07. The quantitative estimate of drug-likeness (QED) is 0.511. The maximum atomic E-state index is 12.0. The summed E-state index contributed by atoms with van der Waals surface area (Å²) >= 11 is 0. The molecule has 0 fully saturated rings. The molecule has 0 spiro atoms. The third-order valence-electron chi connectivity index (χ3n) is 5.06. The molecule has 0 radical (unpaired) electrons. The van der Waals surface area contributed by atoms with Gasteiger partial charge in [-0.1, -0.05) is 62.4 Å². The topological polar surface area (TPSA) is 78.9 Å². The van der Waals surface area contributed by atoms with Crippen LogP contribution >= 0.6 is 0 Å². The Bertz CT molecular complexity index is 1140.